The molecule has 12 nitrogen and oxygen atoms in total. The summed E-state index contributed by atoms with van der Waals surface area (Å²) in [5, 5.41) is 31.4. The van der Waals surface area contributed by atoms with E-state index in [0.717, 1.165) is 135 Å². The molecule has 404 valence electrons. The number of aliphatic hydroxyl groups is 2. The maximum absolute atomic E-state index is 13.1. The van der Waals surface area contributed by atoms with Gasteiger partial charge in [0.25, 0.3) is 0 Å². The highest BCUT2D eigenvalue weighted by Gasteiger charge is 2.50. The van der Waals surface area contributed by atoms with Crippen LogP contribution in [0.15, 0.2) is 85.1 Å². The molecule has 71 heavy (non-hydrogen) atoms. The lowest BCUT2D eigenvalue weighted by Crippen LogP contribution is -2.61. The van der Waals surface area contributed by atoms with E-state index >= 15 is 0 Å². The number of carboxylic acid groups (broad SMARTS) is 1. The van der Waals surface area contributed by atoms with Gasteiger partial charge in [0.15, 0.2) is 24.6 Å². The van der Waals surface area contributed by atoms with Crippen LogP contribution in [0.1, 0.15) is 213 Å². The van der Waals surface area contributed by atoms with Crippen LogP contribution in [0.4, 0.5) is 0 Å². The van der Waals surface area contributed by atoms with Gasteiger partial charge in [-0.15, -0.1) is 0 Å². The molecule has 3 N–H and O–H groups in total. The number of aliphatic hydroxyl groups excluding tert-OH is 2. The second kappa shape index (κ2) is 46.9. The standard InChI is InChI=1S/C59H96O12/c1-4-7-10-13-16-19-22-25-26-29-30-33-36-39-42-45-51(60)67-48-50(69-52(61)46-43-40-37-34-31-27-23-20-17-14-11-8-5-2)49-68-59-57(55(64)54(63)56(71-59)58(65)66)70-53(62)47-44-41-38-35-32-28-24-21-18-15-12-9-6-3/h8,11-12,15-17,19-21,24-27,31,50,54-57,59,63-64H,4-7,9-10,13-14,18,22-23,28-30,32-49H2,1-3H3,(H,65,66)/b11-8-,15-12-,19-16-,20-17-,24-21-,26-25-,31-27-. The minimum Gasteiger partial charge on any atom is -0.479 e. The van der Waals surface area contributed by atoms with Crippen molar-refractivity contribution in [1.82, 2.24) is 0 Å². The van der Waals surface area contributed by atoms with Gasteiger partial charge >= 0.3 is 23.9 Å². The summed E-state index contributed by atoms with van der Waals surface area (Å²) in [6.45, 7) is 5.72. The molecular formula is C59H96O12. The summed E-state index contributed by atoms with van der Waals surface area (Å²) >= 11 is 0. The highest BCUT2D eigenvalue weighted by Crippen LogP contribution is 2.26. The van der Waals surface area contributed by atoms with Gasteiger partial charge in [0.1, 0.15) is 18.8 Å². The number of allylic oxidation sites excluding steroid dienone is 14. The first-order chi connectivity index (χ1) is 34.6. The van der Waals surface area contributed by atoms with Gasteiger partial charge in [-0.1, -0.05) is 170 Å². The van der Waals surface area contributed by atoms with E-state index in [1.807, 2.05) is 0 Å². The molecule has 0 amide bonds. The van der Waals surface area contributed by atoms with Crippen LogP contribution in [0, 0.1) is 0 Å². The number of ether oxygens (including phenoxy) is 5. The van der Waals surface area contributed by atoms with E-state index in [1.54, 1.807) is 0 Å². The summed E-state index contributed by atoms with van der Waals surface area (Å²) < 4.78 is 28.3. The van der Waals surface area contributed by atoms with Gasteiger partial charge < -0.3 is 39.0 Å². The third-order valence-electron chi connectivity index (χ3n) is 11.9. The van der Waals surface area contributed by atoms with Crippen molar-refractivity contribution in [2.24, 2.45) is 0 Å². The molecular weight excluding hydrogens is 901 g/mol. The topological polar surface area (TPSA) is 175 Å². The van der Waals surface area contributed by atoms with Crippen LogP contribution in [0.5, 0.6) is 0 Å². The summed E-state index contributed by atoms with van der Waals surface area (Å²) in [5.74, 6) is -3.21. The minimum absolute atomic E-state index is 0.0358. The molecule has 12 heteroatoms. The molecule has 0 radical (unpaired) electrons. The Morgan fingerprint density at radius 3 is 1.42 bits per heavy atom. The Hall–Kier alpha value is -4.10. The van der Waals surface area contributed by atoms with Gasteiger partial charge in [-0.25, -0.2) is 4.79 Å². The second-order valence-corrected chi connectivity index (χ2v) is 18.5. The van der Waals surface area contributed by atoms with Crippen LogP contribution in [0.25, 0.3) is 0 Å². The number of rotatable bonds is 45. The van der Waals surface area contributed by atoms with Crippen LogP contribution in [-0.2, 0) is 42.9 Å². The van der Waals surface area contributed by atoms with E-state index in [4.69, 9.17) is 23.7 Å². The molecule has 0 bridgehead atoms. The van der Waals surface area contributed by atoms with Crippen molar-refractivity contribution >= 4 is 23.9 Å². The first kappa shape index (κ1) is 64.9. The zero-order chi connectivity index (χ0) is 51.8. The average Bonchev–Trinajstić information content (AvgIpc) is 3.35. The molecule has 0 aromatic carbocycles. The summed E-state index contributed by atoms with van der Waals surface area (Å²) in [5.41, 5.74) is 0. The predicted octanol–water partition coefficient (Wildman–Crippen LogP) is 13.6. The first-order valence-corrected chi connectivity index (χ1v) is 27.6. The highest BCUT2D eigenvalue weighted by atomic mass is 16.7. The highest BCUT2D eigenvalue weighted by molar-refractivity contribution is 5.74. The maximum Gasteiger partial charge on any atom is 0.335 e. The third kappa shape index (κ3) is 37.3. The number of unbranched alkanes of at least 4 members (excludes halogenated alkanes) is 17. The summed E-state index contributed by atoms with van der Waals surface area (Å²) in [6.07, 6.45) is 47.1. The van der Waals surface area contributed by atoms with E-state index in [-0.39, 0.29) is 25.9 Å². The quantitative estimate of drug-likeness (QED) is 0.0228. The molecule has 0 spiro atoms. The lowest BCUT2D eigenvalue weighted by atomic mass is 9.98. The van der Waals surface area contributed by atoms with E-state index in [9.17, 15) is 34.5 Å². The van der Waals surface area contributed by atoms with Crippen LogP contribution >= 0.6 is 0 Å². The van der Waals surface area contributed by atoms with E-state index in [1.165, 1.54) is 19.3 Å². The first-order valence-electron chi connectivity index (χ1n) is 27.6. The number of carbonyl (C=O) groups is 4. The van der Waals surface area contributed by atoms with Crippen molar-refractivity contribution in [2.75, 3.05) is 13.2 Å². The van der Waals surface area contributed by atoms with Crippen molar-refractivity contribution in [3.05, 3.63) is 85.1 Å². The van der Waals surface area contributed by atoms with Gasteiger partial charge in [0.2, 0.25) is 0 Å². The molecule has 0 aliphatic carbocycles. The Bertz CT molecular complexity index is 1560. The van der Waals surface area contributed by atoms with Crippen LogP contribution in [0.3, 0.4) is 0 Å². The largest absolute Gasteiger partial charge is 0.479 e. The molecule has 1 heterocycles. The fourth-order valence-corrected chi connectivity index (χ4v) is 7.68. The average molecular weight is 997 g/mol. The van der Waals surface area contributed by atoms with Gasteiger partial charge in [0, 0.05) is 19.3 Å². The molecule has 6 unspecified atom stereocenters. The molecule has 0 aromatic rings. The van der Waals surface area contributed by atoms with Gasteiger partial charge in [-0.2, -0.15) is 0 Å². The Morgan fingerprint density at radius 1 is 0.479 bits per heavy atom. The zero-order valence-corrected chi connectivity index (χ0v) is 44.2. The van der Waals surface area contributed by atoms with Crippen molar-refractivity contribution in [3.8, 4) is 0 Å². The van der Waals surface area contributed by atoms with E-state index in [0.29, 0.717) is 19.3 Å². The molecule has 1 fully saturated rings. The second-order valence-electron chi connectivity index (χ2n) is 18.5. The van der Waals surface area contributed by atoms with Crippen LogP contribution in [-0.4, -0.2) is 89.2 Å². The normalized spacial score (nSPS) is 19.1. The Labute approximate surface area is 429 Å². The van der Waals surface area contributed by atoms with Crippen molar-refractivity contribution < 1.29 is 58.2 Å². The molecule has 6 atom stereocenters. The van der Waals surface area contributed by atoms with Crippen molar-refractivity contribution in [2.45, 2.75) is 250 Å². The molecule has 1 aliphatic rings. The predicted molar refractivity (Wildman–Crippen MR) is 284 cm³/mol. The van der Waals surface area contributed by atoms with Gasteiger partial charge in [-0.3, -0.25) is 14.4 Å². The Kier molecular flexibility index (Phi) is 42.9. The summed E-state index contributed by atoms with van der Waals surface area (Å²) in [4.78, 5) is 50.9. The van der Waals surface area contributed by atoms with Crippen LogP contribution in [0.2, 0.25) is 0 Å². The Morgan fingerprint density at radius 2 is 0.915 bits per heavy atom. The van der Waals surface area contributed by atoms with E-state index in [2.05, 4.69) is 106 Å². The molecule has 1 saturated heterocycles. The summed E-state index contributed by atoms with van der Waals surface area (Å²) in [6, 6.07) is 0. The minimum atomic E-state index is -1.92. The number of carbonyl (C=O) groups excluding carboxylic acids is 3. The molecule has 0 saturated carbocycles. The SMILES string of the molecule is CC/C=C\C/C=C\C/C=C\CCCCCC(=O)OC(COC(=O)CCCCCCC/C=C\C/C=C\CCCCC)COC1OC(C(=O)O)C(O)C(O)C1OC(=O)CCCCCCC/C=C\C/C=C\CCC. The third-order valence-corrected chi connectivity index (χ3v) is 11.9. The monoisotopic (exact) mass is 997 g/mol. The molecule has 1 aliphatic heterocycles. The smallest absolute Gasteiger partial charge is 0.335 e. The summed E-state index contributed by atoms with van der Waals surface area (Å²) in [7, 11) is 0. The number of hydrogen-bond acceptors (Lipinski definition) is 11. The van der Waals surface area contributed by atoms with Gasteiger partial charge in [0.05, 0.1) is 6.61 Å². The molecule has 0 aromatic heterocycles. The number of esters is 3. The van der Waals surface area contributed by atoms with Crippen molar-refractivity contribution in [1.29, 1.82) is 0 Å². The van der Waals surface area contributed by atoms with Crippen LogP contribution < -0.4 is 0 Å². The fraction of sp³-hybridized carbons (Fsp3) is 0.695. The lowest BCUT2D eigenvalue weighted by molar-refractivity contribution is -0.301. The van der Waals surface area contributed by atoms with Gasteiger partial charge in [-0.05, 0) is 109 Å². The number of carboxylic acids is 1. The zero-order valence-electron chi connectivity index (χ0n) is 44.2. The Balaban J connectivity index is 2.76. The fourth-order valence-electron chi connectivity index (χ4n) is 7.68. The lowest BCUT2D eigenvalue weighted by Gasteiger charge is -2.40. The van der Waals surface area contributed by atoms with Crippen molar-refractivity contribution in [3.63, 3.8) is 0 Å². The molecule has 1 rings (SSSR count). The van der Waals surface area contributed by atoms with E-state index < -0.39 is 67.3 Å². The number of aliphatic carboxylic acids is 1. The number of hydrogen-bond donors (Lipinski definition) is 3. The maximum atomic E-state index is 13.1.